The van der Waals surface area contributed by atoms with Gasteiger partial charge in [-0.25, -0.2) is 9.59 Å². The van der Waals surface area contributed by atoms with Crippen LogP contribution in [-0.4, -0.2) is 52.4 Å². The molecule has 0 spiro atoms. The van der Waals surface area contributed by atoms with Crippen LogP contribution in [0.1, 0.15) is 89.3 Å². The van der Waals surface area contributed by atoms with Gasteiger partial charge in [0.25, 0.3) is 5.91 Å². The quantitative estimate of drug-likeness (QED) is 0.225. The molecule has 2 aliphatic carbocycles. The Hall–Kier alpha value is -4.19. The van der Waals surface area contributed by atoms with Crippen molar-refractivity contribution in [3.8, 4) is 0 Å². The predicted molar refractivity (Wildman–Crippen MR) is 159 cm³/mol. The molecule has 2 saturated carbocycles. The molecular formula is C33H35F3N4O5. The number of benzene rings is 2. The van der Waals surface area contributed by atoms with Gasteiger partial charge in [0.15, 0.2) is 0 Å². The monoisotopic (exact) mass is 624 g/mol. The van der Waals surface area contributed by atoms with Crippen LogP contribution in [-0.2, 0) is 20.9 Å². The Morgan fingerprint density at radius 2 is 1.71 bits per heavy atom. The molecular weight excluding hydrogens is 589 g/mol. The Labute approximate surface area is 257 Å². The normalized spacial score (nSPS) is 20.8. The van der Waals surface area contributed by atoms with E-state index in [-0.39, 0.29) is 23.4 Å². The van der Waals surface area contributed by atoms with Crippen LogP contribution >= 0.6 is 0 Å². The number of rotatable bonds is 7. The average Bonchev–Trinajstić information content (AvgIpc) is 3.63. The molecule has 6 rings (SSSR count). The molecule has 3 aromatic rings. The molecule has 3 fully saturated rings. The zero-order chi connectivity index (χ0) is 31.9. The number of amides is 2. The fraction of sp³-hybridized carbons (Fsp3) is 0.455. The number of aromatic amines is 1. The third kappa shape index (κ3) is 6.47. The van der Waals surface area contributed by atoms with Crippen molar-refractivity contribution in [2.24, 2.45) is 17.6 Å². The molecule has 2 aromatic carbocycles. The van der Waals surface area contributed by atoms with Crippen molar-refractivity contribution in [3.05, 3.63) is 64.8 Å². The zero-order valence-corrected chi connectivity index (χ0v) is 24.6. The Kier molecular flexibility index (Phi) is 8.43. The number of anilines is 1. The zero-order valence-electron chi connectivity index (χ0n) is 24.6. The minimum atomic E-state index is -5.31. The van der Waals surface area contributed by atoms with E-state index in [1.807, 2.05) is 12.1 Å². The summed E-state index contributed by atoms with van der Waals surface area (Å²) in [5.74, 6) is -3.84. The molecule has 0 bridgehead atoms. The third-order valence-corrected chi connectivity index (χ3v) is 9.38. The largest absolute Gasteiger partial charge is 0.491 e. The minimum Gasteiger partial charge on any atom is -0.382 e. The SMILES string of the molecule is NCc1ccc(C(=O)N2CC[C@@H](C3CCCCC3)[C@H]2C(=O)Nc2ccc3[nH]c(C(=O)OC(=O)C(F)(F)F)cc3c2)cc1C1CC1. The van der Waals surface area contributed by atoms with E-state index in [1.165, 1.54) is 6.07 Å². The molecule has 4 N–H and O–H groups in total. The number of aromatic nitrogens is 1. The number of ether oxygens (including phenoxy) is 1. The number of carbonyl (C=O) groups is 4. The number of fused-ring (bicyclic) bond motifs is 1. The molecule has 238 valence electrons. The van der Waals surface area contributed by atoms with Crippen molar-refractivity contribution >= 4 is 40.3 Å². The van der Waals surface area contributed by atoms with Crippen LogP contribution in [0.4, 0.5) is 18.9 Å². The van der Waals surface area contributed by atoms with Gasteiger partial charge in [0.1, 0.15) is 11.7 Å². The Bertz CT molecular complexity index is 1640. The van der Waals surface area contributed by atoms with E-state index in [2.05, 4.69) is 15.0 Å². The maximum atomic E-state index is 14.0. The highest BCUT2D eigenvalue weighted by atomic mass is 19.4. The summed E-state index contributed by atoms with van der Waals surface area (Å²) >= 11 is 0. The van der Waals surface area contributed by atoms with E-state index in [9.17, 15) is 32.3 Å². The molecule has 2 amide bonds. The molecule has 1 saturated heterocycles. The lowest BCUT2D eigenvalue weighted by atomic mass is 9.76. The van der Waals surface area contributed by atoms with Gasteiger partial charge in [0.05, 0.1) is 0 Å². The molecule has 0 radical (unpaired) electrons. The highest BCUT2D eigenvalue weighted by Gasteiger charge is 2.46. The van der Waals surface area contributed by atoms with E-state index in [0.717, 1.165) is 62.5 Å². The summed E-state index contributed by atoms with van der Waals surface area (Å²) in [5.41, 5.74) is 9.09. The van der Waals surface area contributed by atoms with Gasteiger partial charge in [-0.15, -0.1) is 0 Å². The first kappa shape index (κ1) is 30.8. The summed E-state index contributed by atoms with van der Waals surface area (Å²) in [5, 5.41) is 3.36. The van der Waals surface area contributed by atoms with Crippen molar-refractivity contribution in [1.29, 1.82) is 0 Å². The maximum Gasteiger partial charge on any atom is 0.491 e. The number of halogens is 3. The standard InChI is InChI=1S/C33H35F3N4O5/c34-33(35,36)32(44)45-31(43)27-16-22-14-23(10-11-26(22)39-27)38-29(41)28-24(18-4-2-1-3-5-18)12-13-40(28)30(42)20-8-9-21(17-37)25(15-20)19-6-7-19/h8-11,14-16,18-19,24,28,39H,1-7,12-13,17,37H2,(H,38,41)/t24-,28-/m0/s1. The topological polar surface area (TPSA) is 135 Å². The summed E-state index contributed by atoms with van der Waals surface area (Å²) in [6, 6.07) is 10.9. The Morgan fingerprint density at radius 1 is 0.956 bits per heavy atom. The molecule has 12 heteroatoms. The molecule has 45 heavy (non-hydrogen) atoms. The van der Waals surface area contributed by atoms with Gasteiger partial charge < -0.3 is 25.7 Å². The number of nitrogens with one attached hydrogen (secondary N) is 2. The summed E-state index contributed by atoms with van der Waals surface area (Å²) < 4.78 is 41.5. The van der Waals surface area contributed by atoms with Crippen LogP contribution in [0, 0.1) is 11.8 Å². The molecule has 1 aliphatic heterocycles. The second-order valence-corrected chi connectivity index (χ2v) is 12.3. The van der Waals surface area contributed by atoms with Gasteiger partial charge in [-0.05, 0) is 84.5 Å². The van der Waals surface area contributed by atoms with Crippen LogP contribution in [0.15, 0.2) is 42.5 Å². The first-order chi connectivity index (χ1) is 21.5. The Morgan fingerprint density at radius 3 is 2.40 bits per heavy atom. The van der Waals surface area contributed by atoms with Crippen LogP contribution in [0.3, 0.4) is 0 Å². The van der Waals surface area contributed by atoms with Crippen molar-refractivity contribution in [1.82, 2.24) is 9.88 Å². The number of hydrogen-bond acceptors (Lipinski definition) is 6. The number of hydrogen-bond donors (Lipinski definition) is 3. The van der Waals surface area contributed by atoms with E-state index in [4.69, 9.17) is 5.73 Å². The highest BCUT2D eigenvalue weighted by Crippen LogP contribution is 2.43. The summed E-state index contributed by atoms with van der Waals surface area (Å²) in [6.45, 7) is 0.868. The number of likely N-dealkylation sites (tertiary alicyclic amines) is 1. The van der Waals surface area contributed by atoms with Crippen molar-refractivity contribution in [3.63, 3.8) is 0 Å². The lowest BCUT2D eigenvalue weighted by molar-refractivity contribution is -0.193. The first-order valence-corrected chi connectivity index (χ1v) is 15.4. The fourth-order valence-electron chi connectivity index (χ4n) is 7.02. The van der Waals surface area contributed by atoms with E-state index >= 15 is 0 Å². The van der Waals surface area contributed by atoms with Crippen molar-refractivity contribution < 1.29 is 37.1 Å². The van der Waals surface area contributed by atoms with Crippen LogP contribution in [0.5, 0.6) is 0 Å². The number of H-pyrrole nitrogens is 1. The van der Waals surface area contributed by atoms with Gasteiger partial charge in [0.2, 0.25) is 5.91 Å². The van der Waals surface area contributed by atoms with Gasteiger partial charge >= 0.3 is 18.1 Å². The lowest BCUT2D eigenvalue weighted by Crippen LogP contribution is -2.47. The van der Waals surface area contributed by atoms with Crippen LogP contribution in [0.25, 0.3) is 10.9 Å². The summed E-state index contributed by atoms with van der Waals surface area (Å²) in [4.78, 5) is 55.5. The number of esters is 2. The lowest BCUT2D eigenvalue weighted by Gasteiger charge is -2.33. The molecule has 1 aromatic heterocycles. The molecule has 2 heterocycles. The van der Waals surface area contributed by atoms with Gasteiger partial charge in [-0.1, -0.05) is 38.2 Å². The van der Waals surface area contributed by atoms with Gasteiger partial charge in [-0.2, -0.15) is 13.2 Å². The second kappa shape index (κ2) is 12.3. The van der Waals surface area contributed by atoms with Crippen LogP contribution < -0.4 is 11.1 Å². The predicted octanol–water partition coefficient (Wildman–Crippen LogP) is 5.80. The molecule has 2 atom stereocenters. The summed E-state index contributed by atoms with van der Waals surface area (Å²) in [6.07, 6.45) is 2.94. The molecule has 0 unspecified atom stereocenters. The first-order valence-electron chi connectivity index (χ1n) is 15.4. The fourth-order valence-corrected chi connectivity index (χ4v) is 7.02. The van der Waals surface area contributed by atoms with E-state index in [0.29, 0.717) is 47.1 Å². The highest BCUT2D eigenvalue weighted by molar-refractivity contribution is 6.04. The smallest absolute Gasteiger partial charge is 0.382 e. The number of alkyl halides is 3. The second-order valence-electron chi connectivity index (χ2n) is 12.3. The van der Waals surface area contributed by atoms with Crippen LogP contribution in [0.2, 0.25) is 0 Å². The third-order valence-electron chi connectivity index (χ3n) is 9.38. The molecule has 9 nitrogen and oxygen atoms in total. The van der Waals surface area contributed by atoms with E-state index < -0.39 is 24.2 Å². The van der Waals surface area contributed by atoms with E-state index in [1.54, 1.807) is 29.2 Å². The number of carbonyl (C=O) groups excluding carboxylic acids is 4. The minimum absolute atomic E-state index is 0.00370. The number of nitrogens with two attached hydrogens (primary N) is 1. The number of nitrogens with zero attached hydrogens (tertiary/aromatic N) is 1. The maximum absolute atomic E-state index is 14.0. The summed E-state index contributed by atoms with van der Waals surface area (Å²) in [7, 11) is 0. The van der Waals surface area contributed by atoms with Gasteiger partial charge in [0, 0.05) is 35.2 Å². The van der Waals surface area contributed by atoms with Gasteiger partial charge in [-0.3, -0.25) is 9.59 Å². The average molecular weight is 625 g/mol. The van der Waals surface area contributed by atoms with Crippen molar-refractivity contribution in [2.75, 3.05) is 11.9 Å². The Balaban J connectivity index is 1.24. The van der Waals surface area contributed by atoms with Crippen molar-refractivity contribution in [2.45, 2.75) is 76.0 Å². The molecule has 3 aliphatic rings.